The Morgan fingerprint density at radius 3 is 2.54 bits per heavy atom. The van der Waals surface area contributed by atoms with Crippen molar-refractivity contribution in [2.45, 2.75) is 12.8 Å². The standard InChI is InChI=1S/C12H13N/c1-11(13)7-5-6-10-12-8-3-2-4-9-12/h2-4,8-9H,1,7,10,13H2. The molecule has 0 aliphatic rings. The first-order valence-electron chi connectivity index (χ1n) is 4.22. The highest BCUT2D eigenvalue weighted by molar-refractivity contribution is 5.21. The Hall–Kier alpha value is -1.68. The number of nitrogens with two attached hydrogens (primary N) is 1. The molecule has 13 heavy (non-hydrogen) atoms. The normalized spacial score (nSPS) is 8.62. The zero-order chi connectivity index (χ0) is 9.52. The lowest BCUT2D eigenvalue weighted by atomic mass is 10.1. The van der Waals surface area contributed by atoms with Gasteiger partial charge in [0, 0.05) is 18.5 Å². The third-order valence-corrected chi connectivity index (χ3v) is 1.58. The fourth-order valence-corrected chi connectivity index (χ4v) is 0.936. The Kier molecular flexibility index (Phi) is 3.66. The van der Waals surface area contributed by atoms with Crippen LogP contribution in [-0.2, 0) is 6.42 Å². The predicted molar refractivity (Wildman–Crippen MR) is 55.9 cm³/mol. The highest BCUT2D eigenvalue weighted by atomic mass is 14.5. The Balaban J connectivity index is 2.42. The summed E-state index contributed by atoms with van der Waals surface area (Å²) in [6, 6.07) is 10.1. The Morgan fingerprint density at radius 2 is 1.92 bits per heavy atom. The van der Waals surface area contributed by atoms with Gasteiger partial charge < -0.3 is 5.73 Å². The van der Waals surface area contributed by atoms with Crippen molar-refractivity contribution in [1.29, 1.82) is 0 Å². The van der Waals surface area contributed by atoms with Gasteiger partial charge in [0.2, 0.25) is 0 Å². The Bertz CT molecular complexity index is 327. The van der Waals surface area contributed by atoms with Gasteiger partial charge in [0.1, 0.15) is 0 Å². The summed E-state index contributed by atoms with van der Waals surface area (Å²) in [7, 11) is 0. The van der Waals surface area contributed by atoms with Gasteiger partial charge in [-0.15, -0.1) is 0 Å². The number of hydrogen-bond donors (Lipinski definition) is 1. The van der Waals surface area contributed by atoms with Gasteiger partial charge in [0.05, 0.1) is 0 Å². The summed E-state index contributed by atoms with van der Waals surface area (Å²) in [5.74, 6) is 6.00. The Labute approximate surface area is 79.3 Å². The van der Waals surface area contributed by atoms with Crippen LogP contribution in [0.5, 0.6) is 0 Å². The van der Waals surface area contributed by atoms with E-state index in [1.165, 1.54) is 5.56 Å². The molecule has 0 amide bonds. The highest BCUT2D eigenvalue weighted by Gasteiger charge is 1.84. The summed E-state index contributed by atoms with van der Waals surface area (Å²) < 4.78 is 0. The van der Waals surface area contributed by atoms with E-state index in [2.05, 4.69) is 30.6 Å². The first-order chi connectivity index (χ1) is 6.29. The molecule has 0 fully saturated rings. The van der Waals surface area contributed by atoms with Crippen LogP contribution >= 0.6 is 0 Å². The number of hydrogen-bond acceptors (Lipinski definition) is 1. The second-order valence-corrected chi connectivity index (χ2v) is 2.85. The molecule has 1 rings (SSSR count). The molecule has 0 saturated heterocycles. The minimum absolute atomic E-state index is 0.590. The molecular weight excluding hydrogens is 158 g/mol. The number of benzene rings is 1. The van der Waals surface area contributed by atoms with E-state index in [-0.39, 0.29) is 0 Å². The van der Waals surface area contributed by atoms with Crippen molar-refractivity contribution in [2.75, 3.05) is 0 Å². The van der Waals surface area contributed by atoms with E-state index in [0.717, 1.165) is 6.42 Å². The van der Waals surface area contributed by atoms with Crippen molar-refractivity contribution in [3.8, 4) is 11.8 Å². The monoisotopic (exact) mass is 171 g/mol. The van der Waals surface area contributed by atoms with Crippen molar-refractivity contribution >= 4 is 0 Å². The van der Waals surface area contributed by atoms with E-state index in [0.29, 0.717) is 12.1 Å². The molecule has 2 N–H and O–H groups in total. The molecule has 1 aromatic carbocycles. The summed E-state index contributed by atoms with van der Waals surface area (Å²) in [6.07, 6.45) is 1.38. The van der Waals surface area contributed by atoms with E-state index in [9.17, 15) is 0 Å². The summed E-state index contributed by atoms with van der Waals surface area (Å²) in [6.45, 7) is 3.57. The molecule has 0 aliphatic carbocycles. The summed E-state index contributed by atoms with van der Waals surface area (Å²) >= 11 is 0. The minimum atomic E-state index is 0.590. The van der Waals surface area contributed by atoms with Crippen LogP contribution in [0.2, 0.25) is 0 Å². The van der Waals surface area contributed by atoms with Gasteiger partial charge in [-0.1, -0.05) is 48.8 Å². The predicted octanol–water partition coefficient (Wildman–Crippen LogP) is 2.10. The second kappa shape index (κ2) is 5.05. The van der Waals surface area contributed by atoms with Gasteiger partial charge in [0.15, 0.2) is 0 Å². The van der Waals surface area contributed by atoms with Crippen molar-refractivity contribution in [3.63, 3.8) is 0 Å². The average molecular weight is 171 g/mol. The van der Waals surface area contributed by atoms with E-state index >= 15 is 0 Å². The molecule has 0 aliphatic heterocycles. The van der Waals surface area contributed by atoms with Crippen LogP contribution in [0, 0.1) is 11.8 Å². The third-order valence-electron chi connectivity index (χ3n) is 1.58. The molecule has 0 aromatic heterocycles. The lowest BCUT2D eigenvalue weighted by Crippen LogP contribution is -1.91. The van der Waals surface area contributed by atoms with Crippen LogP contribution in [0.25, 0.3) is 0 Å². The fraction of sp³-hybridized carbons (Fsp3) is 0.167. The maximum atomic E-state index is 5.37. The van der Waals surface area contributed by atoms with Crippen LogP contribution in [0.1, 0.15) is 12.0 Å². The zero-order valence-corrected chi connectivity index (χ0v) is 7.59. The third kappa shape index (κ3) is 4.03. The quantitative estimate of drug-likeness (QED) is 0.677. The van der Waals surface area contributed by atoms with E-state index in [1.807, 2.05) is 18.2 Å². The fourth-order valence-electron chi connectivity index (χ4n) is 0.936. The molecule has 0 heterocycles. The second-order valence-electron chi connectivity index (χ2n) is 2.85. The van der Waals surface area contributed by atoms with E-state index in [1.54, 1.807) is 0 Å². The van der Waals surface area contributed by atoms with Crippen LogP contribution < -0.4 is 5.73 Å². The van der Waals surface area contributed by atoms with Gasteiger partial charge in [-0.3, -0.25) is 0 Å². The largest absolute Gasteiger partial charge is 0.402 e. The molecule has 1 aromatic rings. The summed E-state index contributed by atoms with van der Waals surface area (Å²) in [5, 5.41) is 0. The maximum absolute atomic E-state index is 5.37. The first kappa shape index (κ1) is 9.41. The van der Waals surface area contributed by atoms with Crippen LogP contribution in [0.15, 0.2) is 42.6 Å². The van der Waals surface area contributed by atoms with E-state index < -0.39 is 0 Å². The molecular formula is C12H13N. The topological polar surface area (TPSA) is 26.0 Å². The van der Waals surface area contributed by atoms with Crippen molar-refractivity contribution < 1.29 is 0 Å². The molecule has 0 saturated carbocycles. The first-order valence-corrected chi connectivity index (χ1v) is 4.22. The summed E-state index contributed by atoms with van der Waals surface area (Å²) in [4.78, 5) is 0. The van der Waals surface area contributed by atoms with Crippen LogP contribution in [0.4, 0.5) is 0 Å². The molecule has 1 nitrogen and oxygen atoms in total. The average Bonchev–Trinajstić information content (AvgIpc) is 2.14. The highest BCUT2D eigenvalue weighted by Crippen LogP contribution is 1.98. The van der Waals surface area contributed by atoms with Crippen LogP contribution in [-0.4, -0.2) is 0 Å². The molecule has 0 radical (unpaired) electrons. The van der Waals surface area contributed by atoms with Crippen molar-refractivity contribution in [3.05, 3.63) is 48.2 Å². The van der Waals surface area contributed by atoms with Gasteiger partial charge in [-0.25, -0.2) is 0 Å². The van der Waals surface area contributed by atoms with Gasteiger partial charge in [-0.2, -0.15) is 0 Å². The Morgan fingerprint density at radius 1 is 1.23 bits per heavy atom. The molecule has 0 unspecified atom stereocenters. The van der Waals surface area contributed by atoms with Crippen molar-refractivity contribution in [2.24, 2.45) is 5.73 Å². The van der Waals surface area contributed by atoms with Crippen LogP contribution in [0.3, 0.4) is 0 Å². The summed E-state index contributed by atoms with van der Waals surface area (Å²) in [5.41, 5.74) is 7.23. The molecule has 1 heteroatoms. The minimum Gasteiger partial charge on any atom is -0.402 e. The number of allylic oxidation sites excluding steroid dienone is 1. The lowest BCUT2D eigenvalue weighted by molar-refractivity contribution is 1.21. The molecule has 66 valence electrons. The molecule has 0 atom stereocenters. The molecule has 0 spiro atoms. The SMILES string of the molecule is C=C(N)CC#CCc1ccccc1. The van der Waals surface area contributed by atoms with Gasteiger partial charge >= 0.3 is 0 Å². The van der Waals surface area contributed by atoms with Gasteiger partial charge in [-0.05, 0) is 5.56 Å². The zero-order valence-electron chi connectivity index (χ0n) is 7.59. The van der Waals surface area contributed by atoms with Gasteiger partial charge in [0.25, 0.3) is 0 Å². The lowest BCUT2D eigenvalue weighted by Gasteiger charge is -1.91. The van der Waals surface area contributed by atoms with Crippen molar-refractivity contribution in [1.82, 2.24) is 0 Å². The maximum Gasteiger partial charge on any atom is 0.0480 e. The molecule has 0 bridgehead atoms. The number of rotatable bonds is 2. The smallest absolute Gasteiger partial charge is 0.0480 e. The van der Waals surface area contributed by atoms with E-state index in [4.69, 9.17) is 5.73 Å².